The van der Waals surface area contributed by atoms with Crippen molar-refractivity contribution < 1.29 is 9.90 Å². The summed E-state index contributed by atoms with van der Waals surface area (Å²) in [4.78, 5) is 13.8. The van der Waals surface area contributed by atoms with Crippen LogP contribution in [0.25, 0.3) is 0 Å². The number of aryl methyl sites for hydroxylation is 1. The number of carbonyl (C=O) groups is 1. The van der Waals surface area contributed by atoms with Crippen molar-refractivity contribution in [2.24, 2.45) is 0 Å². The van der Waals surface area contributed by atoms with Gasteiger partial charge in [-0.3, -0.25) is 9.69 Å². The van der Waals surface area contributed by atoms with E-state index in [1.54, 1.807) is 0 Å². The summed E-state index contributed by atoms with van der Waals surface area (Å²) in [5.74, 6) is 0.269. The molecule has 1 saturated heterocycles. The topological polar surface area (TPSA) is 40.5 Å². The van der Waals surface area contributed by atoms with Crippen LogP contribution >= 0.6 is 0 Å². The first-order chi connectivity index (χ1) is 9.65. The maximum absolute atomic E-state index is 11.5. The van der Waals surface area contributed by atoms with Gasteiger partial charge in [-0.25, -0.2) is 0 Å². The molecule has 0 bridgehead atoms. The van der Waals surface area contributed by atoms with Gasteiger partial charge in [0.1, 0.15) is 5.78 Å². The molecule has 1 aliphatic heterocycles. The minimum absolute atomic E-state index is 0.0263. The third kappa shape index (κ3) is 3.47. The van der Waals surface area contributed by atoms with Crippen molar-refractivity contribution in [1.82, 2.24) is 4.90 Å². The summed E-state index contributed by atoms with van der Waals surface area (Å²) in [5.41, 5.74) is 2.63. The number of piperidine rings is 1. The largest absolute Gasteiger partial charge is 0.395 e. The van der Waals surface area contributed by atoms with E-state index in [9.17, 15) is 9.90 Å². The van der Waals surface area contributed by atoms with E-state index in [4.69, 9.17) is 0 Å². The lowest BCUT2D eigenvalue weighted by molar-refractivity contribution is -0.124. The van der Waals surface area contributed by atoms with Gasteiger partial charge in [0.2, 0.25) is 0 Å². The first-order valence-electron chi connectivity index (χ1n) is 7.62. The molecule has 0 radical (unpaired) electrons. The molecule has 1 aromatic rings. The molecule has 1 heterocycles. The maximum Gasteiger partial charge on any atom is 0.135 e. The molecule has 20 heavy (non-hydrogen) atoms. The fourth-order valence-electron chi connectivity index (χ4n) is 3.04. The van der Waals surface area contributed by atoms with E-state index in [-0.39, 0.29) is 24.5 Å². The van der Waals surface area contributed by atoms with Crippen LogP contribution in [0.3, 0.4) is 0 Å². The minimum Gasteiger partial charge on any atom is -0.395 e. The molecule has 1 aliphatic rings. The Morgan fingerprint density at radius 1 is 1.35 bits per heavy atom. The number of hydrogen-bond donors (Lipinski definition) is 1. The molecule has 0 aliphatic carbocycles. The molecule has 3 nitrogen and oxygen atoms in total. The second kappa shape index (κ2) is 7.00. The Hall–Kier alpha value is -1.19. The molecule has 2 unspecified atom stereocenters. The van der Waals surface area contributed by atoms with E-state index in [1.807, 2.05) is 0 Å². The minimum atomic E-state index is -0.0263. The van der Waals surface area contributed by atoms with E-state index in [2.05, 4.69) is 43.0 Å². The van der Waals surface area contributed by atoms with Crippen LogP contribution in [-0.4, -0.2) is 35.0 Å². The molecule has 0 amide bonds. The first-order valence-corrected chi connectivity index (χ1v) is 7.62. The van der Waals surface area contributed by atoms with Gasteiger partial charge in [0.25, 0.3) is 0 Å². The van der Waals surface area contributed by atoms with Crippen LogP contribution in [0.4, 0.5) is 0 Å². The third-order valence-corrected chi connectivity index (χ3v) is 4.29. The first kappa shape index (κ1) is 15.2. The van der Waals surface area contributed by atoms with Crippen molar-refractivity contribution in [2.75, 3.05) is 13.2 Å². The van der Waals surface area contributed by atoms with Gasteiger partial charge in [0.05, 0.1) is 6.61 Å². The number of carbonyl (C=O) groups excluding carboxylic acids is 1. The predicted octanol–water partition coefficient (Wildman–Crippen LogP) is 2.73. The van der Waals surface area contributed by atoms with Gasteiger partial charge in [-0.2, -0.15) is 0 Å². The van der Waals surface area contributed by atoms with Crippen LogP contribution in [0.2, 0.25) is 0 Å². The van der Waals surface area contributed by atoms with Crippen molar-refractivity contribution in [1.29, 1.82) is 0 Å². The van der Waals surface area contributed by atoms with Crippen molar-refractivity contribution >= 4 is 5.78 Å². The Kier molecular flexibility index (Phi) is 5.32. The number of aliphatic hydroxyl groups is 1. The fourth-order valence-corrected chi connectivity index (χ4v) is 3.04. The van der Waals surface area contributed by atoms with Crippen LogP contribution in [0.15, 0.2) is 24.3 Å². The van der Waals surface area contributed by atoms with Crippen LogP contribution in [-0.2, 0) is 11.2 Å². The molecule has 0 saturated carbocycles. The summed E-state index contributed by atoms with van der Waals surface area (Å²) >= 11 is 0. The van der Waals surface area contributed by atoms with Crippen LogP contribution in [0.1, 0.15) is 50.3 Å². The van der Waals surface area contributed by atoms with Crippen LogP contribution < -0.4 is 0 Å². The number of ketones is 1. The summed E-state index contributed by atoms with van der Waals surface area (Å²) in [6.07, 6.45) is 3.37. The number of Topliss-reactive ketones (excluding diaryl/α,β-unsaturated/α-hetero) is 1. The number of hydrogen-bond acceptors (Lipinski definition) is 3. The zero-order chi connectivity index (χ0) is 14.5. The molecule has 2 atom stereocenters. The Bertz CT molecular complexity index is 441. The number of rotatable bonds is 5. The molecule has 3 heteroatoms. The summed E-state index contributed by atoms with van der Waals surface area (Å²) in [6.45, 7) is 5.16. The van der Waals surface area contributed by atoms with Gasteiger partial charge in [-0.05, 0) is 24.5 Å². The Morgan fingerprint density at radius 3 is 2.65 bits per heavy atom. The quantitative estimate of drug-likeness (QED) is 0.898. The molecular formula is C17H25NO2. The molecule has 1 fully saturated rings. The van der Waals surface area contributed by atoms with E-state index < -0.39 is 0 Å². The number of nitrogens with zero attached hydrogens (tertiary/aromatic N) is 1. The lowest BCUT2D eigenvalue weighted by Crippen LogP contribution is -2.46. The summed E-state index contributed by atoms with van der Waals surface area (Å²) < 4.78 is 0. The molecule has 0 aromatic heterocycles. The monoisotopic (exact) mass is 275 g/mol. The average molecular weight is 275 g/mol. The van der Waals surface area contributed by atoms with E-state index in [0.29, 0.717) is 12.8 Å². The van der Waals surface area contributed by atoms with Gasteiger partial charge < -0.3 is 5.11 Å². The molecule has 2 rings (SSSR count). The smallest absolute Gasteiger partial charge is 0.135 e. The molecular weight excluding hydrogens is 250 g/mol. The molecule has 0 spiro atoms. The lowest BCUT2D eigenvalue weighted by Gasteiger charge is -2.38. The number of benzene rings is 1. The van der Waals surface area contributed by atoms with Gasteiger partial charge in [-0.1, -0.05) is 37.6 Å². The standard InChI is InChI=1S/C17H25NO2/c1-3-4-14-5-7-15(8-6-14)13(2)18-10-9-17(20)11-16(18)12-19/h5-8,13,16,19H,3-4,9-12H2,1-2H3. The summed E-state index contributed by atoms with van der Waals surface area (Å²) in [7, 11) is 0. The number of aliphatic hydroxyl groups excluding tert-OH is 1. The van der Waals surface area contributed by atoms with Crippen molar-refractivity contribution in [3.8, 4) is 0 Å². The van der Waals surface area contributed by atoms with Crippen LogP contribution in [0.5, 0.6) is 0 Å². The Balaban J connectivity index is 2.09. The highest BCUT2D eigenvalue weighted by Crippen LogP contribution is 2.27. The van der Waals surface area contributed by atoms with Gasteiger partial charge >= 0.3 is 0 Å². The van der Waals surface area contributed by atoms with Gasteiger partial charge in [0, 0.05) is 31.5 Å². The van der Waals surface area contributed by atoms with Crippen molar-refractivity contribution in [3.05, 3.63) is 35.4 Å². The molecule has 1 aromatic carbocycles. The Labute approximate surface area is 121 Å². The molecule has 110 valence electrons. The van der Waals surface area contributed by atoms with E-state index in [1.165, 1.54) is 11.1 Å². The fraction of sp³-hybridized carbons (Fsp3) is 0.588. The predicted molar refractivity (Wildman–Crippen MR) is 80.7 cm³/mol. The highest BCUT2D eigenvalue weighted by molar-refractivity contribution is 5.80. The SMILES string of the molecule is CCCc1ccc(C(C)N2CCC(=O)CC2CO)cc1. The zero-order valence-electron chi connectivity index (χ0n) is 12.5. The molecule has 1 N–H and O–H groups in total. The normalized spacial score (nSPS) is 21.9. The van der Waals surface area contributed by atoms with Crippen LogP contribution in [0, 0.1) is 0 Å². The van der Waals surface area contributed by atoms with E-state index in [0.717, 1.165) is 19.4 Å². The van der Waals surface area contributed by atoms with Crippen molar-refractivity contribution in [3.63, 3.8) is 0 Å². The van der Waals surface area contributed by atoms with Gasteiger partial charge in [0.15, 0.2) is 0 Å². The second-order valence-electron chi connectivity index (χ2n) is 5.73. The average Bonchev–Trinajstić information content (AvgIpc) is 2.47. The zero-order valence-corrected chi connectivity index (χ0v) is 12.5. The highest BCUT2D eigenvalue weighted by atomic mass is 16.3. The van der Waals surface area contributed by atoms with Crippen molar-refractivity contribution in [2.45, 2.75) is 51.6 Å². The maximum atomic E-state index is 11.5. The summed E-state index contributed by atoms with van der Waals surface area (Å²) in [5, 5.41) is 9.50. The number of likely N-dealkylation sites (tertiary alicyclic amines) is 1. The highest BCUT2D eigenvalue weighted by Gasteiger charge is 2.30. The van der Waals surface area contributed by atoms with E-state index >= 15 is 0 Å². The third-order valence-electron chi connectivity index (χ3n) is 4.29. The van der Waals surface area contributed by atoms with Gasteiger partial charge in [-0.15, -0.1) is 0 Å². The second-order valence-corrected chi connectivity index (χ2v) is 5.73. The summed E-state index contributed by atoms with van der Waals surface area (Å²) in [6, 6.07) is 8.97. The Morgan fingerprint density at radius 2 is 2.05 bits per heavy atom. The lowest BCUT2D eigenvalue weighted by atomic mass is 9.96.